The van der Waals surface area contributed by atoms with Crippen molar-refractivity contribution in [2.24, 2.45) is 5.10 Å². The minimum absolute atomic E-state index is 0.347. The summed E-state index contributed by atoms with van der Waals surface area (Å²) in [5, 5.41) is 6.80. The minimum atomic E-state index is -0.347. The number of rotatable bonds is 4. The van der Waals surface area contributed by atoms with E-state index in [0.717, 1.165) is 22.8 Å². The monoisotopic (exact) mass is 329 g/mol. The van der Waals surface area contributed by atoms with Gasteiger partial charge < -0.3 is 4.74 Å². The molecule has 1 unspecified atom stereocenters. The maximum absolute atomic E-state index is 5.83. The van der Waals surface area contributed by atoms with E-state index in [0.29, 0.717) is 0 Å². The van der Waals surface area contributed by atoms with Gasteiger partial charge in [-0.3, -0.25) is 4.90 Å². The van der Waals surface area contributed by atoms with E-state index in [4.69, 9.17) is 9.84 Å². The topological polar surface area (TPSA) is 28.1 Å². The van der Waals surface area contributed by atoms with E-state index in [1.54, 1.807) is 7.11 Å². The van der Waals surface area contributed by atoms with Crippen molar-refractivity contribution in [3.63, 3.8) is 0 Å². The number of hydrogen-bond acceptors (Lipinski definition) is 4. The largest absolute Gasteiger partial charge is 0.342 e. The standard InChI is InChI=1S/C21H19N3O/c1-25-21-23(18-13-7-3-8-14-18)20(17-11-5-2-6-12-17)22-24(21)19-15-9-4-10-16-19/h2-16,21H,1H3. The van der Waals surface area contributed by atoms with Crippen molar-refractivity contribution in [2.45, 2.75) is 6.35 Å². The Morgan fingerprint density at radius 3 is 1.80 bits per heavy atom. The average Bonchev–Trinajstić information content (AvgIpc) is 3.09. The number of amidine groups is 1. The molecular formula is C21H19N3O. The SMILES string of the molecule is COC1N(c2ccccc2)N=C(c2ccccc2)N1c1ccccc1. The molecule has 3 aromatic carbocycles. The molecule has 0 spiro atoms. The predicted molar refractivity (Wildman–Crippen MR) is 102 cm³/mol. The van der Waals surface area contributed by atoms with E-state index >= 15 is 0 Å². The first-order chi connectivity index (χ1) is 12.4. The number of para-hydroxylation sites is 2. The first kappa shape index (κ1) is 15.4. The maximum atomic E-state index is 5.83. The summed E-state index contributed by atoms with van der Waals surface area (Å²) in [5.74, 6) is 0.863. The van der Waals surface area contributed by atoms with Gasteiger partial charge in [-0.2, -0.15) is 0 Å². The second kappa shape index (κ2) is 6.79. The van der Waals surface area contributed by atoms with Crippen LogP contribution in [0.15, 0.2) is 96.1 Å². The number of ether oxygens (including phenoxy) is 1. The summed E-state index contributed by atoms with van der Waals surface area (Å²) in [5.41, 5.74) is 3.07. The molecule has 124 valence electrons. The lowest BCUT2D eigenvalue weighted by Crippen LogP contribution is -2.44. The molecule has 0 saturated carbocycles. The molecule has 4 rings (SSSR count). The van der Waals surface area contributed by atoms with Gasteiger partial charge >= 0.3 is 0 Å². The molecule has 0 amide bonds. The van der Waals surface area contributed by atoms with Crippen molar-refractivity contribution >= 4 is 17.2 Å². The first-order valence-electron chi connectivity index (χ1n) is 8.24. The van der Waals surface area contributed by atoms with Crippen LogP contribution in [-0.4, -0.2) is 19.3 Å². The van der Waals surface area contributed by atoms with E-state index in [-0.39, 0.29) is 6.35 Å². The molecule has 4 heteroatoms. The second-order valence-corrected chi connectivity index (χ2v) is 5.74. The van der Waals surface area contributed by atoms with Crippen molar-refractivity contribution < 1.29 is 4.74 Å². The van der Waals surface area contributed by atoms with E-state index in [2.05, 4.69) is 29.2 Å². The van der Waals surface area contributed by atoms with Gasteiger partial charge in [0.2, 0.25) is 6.35 Å². The molecule has 0 bridgehead atoms. The Labute approximate surface area is 147 Å². The van der Waals surface area contributed by atoms with Crippen LogP contribution >= 0.6 is 0 Å². The number of methoxy groups -OCH3 is 1. The van der Waals surface area contributed by atoms with Crippen molar-refractivity contribution in [2.75, 3.05) is 17.0 Å². The fourth-order valence-electron chi connectivity index (χ4n) is 3.01. The van der Waals surface area contributed by atoms with Crippen molar-refractivity contribution in [3.05, 3.63) is 96.6 Å². The van der Waals surface area contributed by atoms with Crippen LogP contribution in [0.1, 0.15) is 5.56 Å². The van der Waals surface area contributed by atoms with E-state index in [1.807, 2.05) is 71.7 Å². The lowest BCUT2D eigenvalue weighted by molar-refractivity contribution is 0.114. The number of benzene rings is 3. The number of nitrogens with zero attached hydrogens (tertiary/aromatic N) is 3. The van der Waals surface area contributed by atoms with Crippen LogP contribution in [0.25, 0.3) is 0 Å². The molecule has 0 aliphatic carbocycles. The third-order valence-electron chi connectivity index (χ3n) is 4.16. The van der Waals surface area contributed by atoms with Gasteiger partial charge in [0, 0.05) is 18.4 Å². The van der Waals surface area contributed by atoms with Crippen LogP contribution in [0, 0.1) is 0 Å². The van der Waals surface area contributed by atoms with Crippen molar-refractivity contribution in [1.82, 2.24) is 0 Å². The molecule has 0 N–H and O–H groups in total. The predicted octanol–water partition coefficient (Wildman–Crippen LogP) is 4.31. The molecule has 3 aromatic rings. The number of hydrazone groups is 1. The minimum Gasteiger partial charge on any atom is -0.342 e. The number of anilines is 2. The summed E-state index contributed by atoms with van der Waals surface area (Å²) < 4.78 is 5.83. The Balaban J connectivity index is 1.84. The molecule has 0 aromatic heterocycles. The zero-order valence-corrected chi connectivity index (χ0v) is 14.0. The quantitative estimate of drug-likeness (QED) is 0.714. The van der Waals surface area contributed by atoms with Gasteiger partial charge in [-0.05, 0) is 24.3 Å². The average molecular weight is 329 g/mol. The smallest absolute Gasteiger partial charge is 0.235 e. The zero-order valence-electron chi connectivity index (χ0n) is 14.0. The Hall–Kier alpha value is -3.11. The Morgan fingerprint density at radius 2 is 1.24 bits per heavy atom. The van der Waals surface area contributed by atoms with Crippen LogP contribution < -0.4 is 9.91 Å². The highest BCUT2D eigenvalue weighted by Gasteiger charge is 2.36. The summed E-state index contributed by atoms with van der Waals surface area (Å²) >= 11 is 0. The van der Waals surface area contributed by atoms with Crippen LogP contribution in [0.3, 0.4) is 0 Å². The first-order valence-corrected chi connectivity index (χ1v) is 8.24. The van der Waals surface area contributed by atoms with Crippen LogP contribution in [0.2, 0.25) is 0 Å². The molecule has 0 radical (unpaired) electrons. The lowest BCUT2D eigenvalue weighted by Gasteiger charge is -2.30. The normalized spacial score (nSPS) is 16.8. The number of hydrogen-bond donors (Lipinski definition) is 0. The second-order valence-electron chi connectivity index (χ2n) is 5.74. The van der Waals surface area contributed by atoms with Crippen LogP contribution in [0.4, 0.5) is 11.4 Å². The molecule has 1 aliphatic rings. The molecule has 1 heterocycles. The summed E-state index contributed by atoms with van der Waals surface area (Å²) in [7, 11) is 1.71. The summed E-state index contributed by atoms with van der Waals surface area (Å²) in [6, 6.07) is 30.5. The summed E-state index contributed by atoms with van der Waals surface area (Å²) in [6.45, 7) is 0. The molecule has 4 nitrogen and oxygen atoms in total. The van der Waals surface area contributed by atoms with Gasteiger partial charge in [-0.1, -0.05) is 66.7 Å². The van der Waals surface area contributed by atoms with Gasteiger partial charge in [0.25, 0.3) is 0 Å². The third-order valence-corrected chi connectivity index (χ3v) is 4.16. The Kier molecular flexibility index (Phi) is 4.19. The molecular weight excluding hydrogens is 310 g/mol. The van der Waals surface area contributed by atoms with Gasteiger partial charge in [0.15, 0.2) is 5.84 Å². The van der Waals surface area contributed by atoms with E-state index < -0.39 is 0 Å². The van der Waals surface area contributed by atoms with Crippen molar-refractivity contribution in [1.29, 1.82) is 0 Å². The van der Waals surface area contributed by atoms with E-state index in [1.165, 1.54) is 0 Å². The van der Waals surface area contributed by atoms with Crippen LogP contribution in [0.5, 0.6) is 0 Å². The highest BCUT2D eigenvalue weighted by atomic mass is 16.5. The summed E-state index contributed by atoms with van der Waals surface area (Å²) in [4.78, 5) is 2.11. The van der Waals surface area contributed by atoms with Gasteiger partial charge in [0.05, 0.1) is 5.69 Å². The van der Waals surface area contributed by atoms with E-state index in [9.17, 15) is 0 Å². The maximum Gasteiger partial charge on any atom is 0.235 e. The fourth-order valence-corrected chi connectivity index (χ4v) is 3.01. The Morgan fingerprint density at radius 1 is 0.720 bits per heavy atom. The Bertz CT molecular complexity index is 850. The molecule has 1 atom stereocenters. The highest BCUT2D eigenvalue weighted by Crippen LogP contribution is 2.31. The zero-order chi connectivity index (χ0) is 17.1. The molecule has 1 aliphatic heterocycles. The lowest BCUT2D eigenvalue weighted by atomic mass is 10.2. The molecule has 0 saturated heterocycles. The van der Waals surface area contributed by atoms with Crippen LogP contribution in [-0.2, 0) is 4.74 Å². The van der Waals surface area contributed by atoms with Gasteiger partial charge in [0.1, 0.15) is 0 Å². The van der Waals surface area contributed by atoms with Crippen molar-refractivity contribution in [3.8, 4) is 0 Å². The molecule has 25 heavy (non-hydrogen) atoms. The highest BCUT2D eigenvalue weighted by molar-refractivity contribution is 6.12. The van der Waals surface area contributed by atoms with Gasteiger partial charge in [-0.15, -0.1) is 5.10 Å². The van der Waals surface area contributed by atoms with Gasteiger partial charge in [-0.25, -0.2) is 5.01 Å². The summed E-state index contributed by atoms with van der Waals surface area (Å²) in [6.07, 6.45) is -0.347. The fraction of sp³-hybridized carbons (Fsp3) is 0.0952. The molecule has 0 fully saturated rings. The third kappa shape index (κ3) is 2.88.